The number of carbonyl (C=O) groups excluding carboxylic acids is 1. The van der Waals surface area contributed by atoms with Crippen LogP contribution < -0.4 is 5.32 Å². The van der Waals surface area contributed by atoms with Gasteiger partial charge in [-0.05, 0) is 38.1 Å². The van der Waals surface area contributed by atoms with Gasteiger partial charge in [0, 0.05) is 19.0 Å². The van der Waals surface area contributed by atoms with Crippen molar-refractivity contribution in [1.29, 1.82) is 0 Å². The molecule has 0 aliphatic carbocycles. The Morgan fingerprint density at radius 1 is 1.21 bits per heavy atom. The maximum Gasteiger partial charge on any atom is 0.225 e. The Hall–Kier alpha value is -1.49. The van der Waals surface area contributed by atoms with Crippen LogP contribution in [-0.2, 0) is 4.79 Å². The maximum atomic E-state index is 13.3. The molecular weight excluding hydrogens is 250 g/mol. The lowest BCUT2D eigenvalue weighted by atomic mass is 10.1. The van der Waals surface area contributed by atoms with E-state index in [2.05, 4.69) is 10.2 Å². The summed E-state index contributed by atoms with van der Waals surface area (Å²) in [6, 6.07) is 3.13. The standard InChI is InChI=1S/C14H18F2N2O/c15-11-4-5-13(12(16)10-11)17-14(19)6-9-18-7-2-1-3-8-18/h4-5,10H,1-3,6-9H2,(H,17,19). The van der Waals surface area contributed by atoms with Crippen molar-refractivity contribution in [2.45, 2.75) is 25.7 Å². The van der Waals surface area contributed by atoms with Gasteiger partial charge in [-0.15, -0.1) is 0 Å². The average molecular weight is 268 g/mol. The number of hydrogen-bond donors (Lipinski definition) is 1. The molecule has 1 heterocycles. The van der Waals surface area contributed by atoms with Crippen LogP contribution in [0.5, 0.6) is 0 Å². The van der Waals surface area contributed by atoms with E-state index in [0.717, 1.165) is 25.2 Å². The van der Waals surface area contributed by atoms with Gasteiger partial charge in [-0.1, -0.05) is 6.42 Å². The van der Waals surface area contributed by atoms with E-state index in [0.29, 0.717) is 13.0 Å². The Balaban J connectivity index is 1.80. The second-order valence-electron chi connectivity index (χ2n) is 4.82. The van der Waals surface area contributed by atoms with E-state index >= 15 is 0 Å². The van der Waals surface area contributed by atoms with Crippen LogP contribution in [0.25, 0.3) is 0 Å². The molecule has 1 aliphatic heterocycles. The monoisotopic (exact) mass is 268 g/mol. The lowest BCUT2D eigenvalue weighted by Gasteiger charge is -2.25. The van der Waals surface area contributed by atoms with Gasteiger partial charge in [0.05, 0.1) is 5.69 Å². The predicted octanol–water partition coefficient (Wildman–Crippen LogP) is 2.78. The van der Waals surface area contributed by atoms with Crippen LogP contribution in [0.4, 0.5) is 14.5 Å². The molecule has 0 bridgehead atoms. The fraction of sp³-hybridized carbons (Fsp3) is 0.500. The number of nitrogens with one attached hydrogen (secondary N) is 1. The van der Waals surface area contributed by atoms with E-state index in [9.17, 15) is 13.6 Å². The highest BCUT2D eigenvalue weighted by Crippen LogP contribution is 2.15. The highest BCUT2D eigenvalue weighted by Gasteiger charge is 2.13. The molecule has 0 radical (unpaired) electrons. The van der Waals surface area contributed by atoms with Crippen LogP contribution in [0.3, 0.4) is 0 Å². The highest BCUT2D eigenvalue weighted by atomic mass is 19.1. The predicted molar refractivity (Wildman–Crippen MR) is 69.9 cm³/mol. The van der Waals surface area contributed by atoms with Crippen molar-refractivity contribution in [1.82, 2.24) is 4.90 Å². The summed E-state index contributed by atoms with van der Waals surface area (Å²) in [5.41, 5.74) is 0.0324. The highest BCUT2D eigenvalue weighted by molar-refractivity contribution is 5.90. The van der Waals surface area contributed by atoms with Gasteiger partial charge in [0.25, 0.3) is 0 Å². The minimum Gasteiger partial charge on any atom is -0.324 e. The fourth-order valence-corrected chi connectivity index (χ4v) is 2.25. The molecule has 1 aromatic rings. The number of halogens is 2. The first-order valence-electron chi connectivity index (χ1n) is 6.62. The Kier molecular flexibility index (Phi) is 4.85. The van der Waals surface area contributed by atoms with Crippen LogP contribution in [0.2, 0.25) is 0 Å². The number of piperidine rings is 1. The summed E-state index contributed by atoms with van der Waals surface area (Å²) in [6.45, 7) is 2.74. The second-order valence-corrected chi connectivity index (χ2v) is 4.82. The Morgan fingerprint density at radius 3 is 2.63 bits per heavy atom. The molecule has 0 atom stereocenters. The smallest absolute Gasteiger partial charge is 0.225 e. The summed E-state index contributed by atoms with van der Waals surface area (Å²) >= 11 is 0. The molecule has 0 unspecified atom stereocenters. The van der Waals surface area contributed by atoms with Crippen molar-refractivity contribution in [3.63, 3.8) is 0 Å². The maximum absolute atomic E-state index is 13.3. The molecule has 1 N–H and O–H groups in total. The lowest BCUT2D eigenvalue weighted by molar-refractivity contribution is -0.116. The van der Waals surface area contributed by atoms with Gasteiger partial charge >= 0.3 is 0 Å². The molecule has 0 saturated carbocycles. The van der Waals surface area contributed by atoms with Gasteiger partial charge < -0.3 is 10.2 Å². The molecule has 3 nitrogen and oxygen atoms in total. The number of nitrogens with zero attached hydrogens (tertiary/aromatic N) is 1. The number of hydrogen-bond acceptors (Lipinski definition) is 2. The van der Waals surface area contributed by atoms with E-state index in [1.54, 1.807) is 0 Å². The number of amides is 1. The normalized spacial score (nSPS) is 16.3. The number of likely N-dealkylation sites (tertiary alicyclic amines) is 1. The van der Waals surface area contributed by atoms with Gasteiger partial charge in [0.2, 0.25) is 5.91 Å². The first kappa shape index (κ1) is 13.9. The minimum atomic E-state index is -0.744. The molecule has 104 valence electrons. The summed E-state index contributed by atoms with van der Waals surface area (Å²) in [5.74, 6) is -1.63. The van der Waals surface area contributed by atoms with Crippen LogP contribution in [-0.4, -0.2) is 30.4 Å². The van der Waals surface area contributed by atoms with Gasteiger partial charge in [0.15, 0.2) is 0 Å². The molecular formula is C14H18F2N2O. The van der Waals surface area contributed by atoms with E-state index < -0.39 is 11.6 Å². The molecule has 1 amide bonds. The van der Waals surface area contributed by atoms with Crippen molar-refractivity contribution >= 4 is 11.6 Å². The largest absolute Gasteiger partial charge is 0.324 e. The van der Waals surface area contributed by atoms with Crippen molar-refractivity contribution in [3.05, 3.63) is 29.8 Å². The van der Waals surface area contributed by atoms with Gasteiger partial charge in [-0.2, -0.15) is 0 Å². The Morgan fingerprint density at radius 2 is 1.95 bits per heavy atom. The summed E-state index contributed by atoms with van der Waals surface area (Å²) in [4.78, 5) is 13.9. The van der Waals surface area contributed by atoms with E-state index in [4.69, 9.17) is 0 Å². The quantitative estimate of drug-likeness (QED) is 0.910. The lowest BCUT2D eigenvalue weighted by Crippen LogP contribution is -2.32. The zero-order valence-corrected chi connectivity index (χ0v) is 10.8. The molecule has 1 aliphatic rings. The van der Waals surface area contributed by atoms with Crippen molar-refractivity contribution in [2.75, 3.05) is 25.0 Å². The summed E-state index contributed by atoms with van der Waals surface area (Å²) in [7, 11) is 0. The minimum absolute atomic E-state index is 0.0324. The number of carbonyl (C=O) groups is 1. The fourth-order valence-electron chi connectivity index (χ4n) is 2.25. The van der Waals surface area contributed by atoms with E-state index in [-0.39, 0.29) is 11.6 Å². The van der Waals surface area contributed by atoms with E-state index in [1.807, 2.05) is 0 Å². The van der Waals surface area contributed by atoms with Crippen LogP contribution in [0, 0.1) is 11.6 Å². The molecule has 0 aromatic heterocycles. The third kappa shape index (κ3) is 4.28. The zero-order valence-electron chi connectivity index (χ0n) is 10.8. The first-order valence-corrected chi connectivity index (χ1v) is 6.62. The third-order valence-electron chi connectivity index (χ3n) is 3.31. The van der Waals surface area contributed by atoms with Crippen LogP contribution >= 0.6 is 0 Å². The SMILES string of the molecule is O=C(CCN1CCCCC1)Nc1ccc(F)cc1F. The van der Waals surface area contributed by atoms with Crippen molar-refractivity contribution < 1.29 is 13.6 Å². The van der Waals surface area contributed by atoms with Crippen molar-refractivity contribution in [3.8, 4) is 0 Å². The molecule has 1 fully saturated rings. The third-order valence-corrected chi connectivity index (χ3v) is 3.31. The van der Waals surface area contributed by atoms with Crippen molar-refractivity contribution in [2.24, 2.45) is 0 Å². The van der Waals surface area contributed by atoms with Crippen LogP contribution in [0.15, 0.2) is 18.2 Å². The molecule has 0 spiro atoms. The van der Waals surface area contributed by atoms with Gasteiger partial charge in [0.1, 0.15) is 11.6 Å². The van der Waals surface area contributed by atoms with E-state index in [1.165, 1.54) is 25.3 Å². The Bertz CT molecular complexity index is 445. The summed E-state index contributed by atoms with van der Waals surface area (Å²) < 4.78 is 26.1. The molecule has 19 heavy (non-hydrogen) atoms. The number of benzene rings is 1. The molecule has 1 saturated heterocycles. The first-order chi connectivity index (χ1) is 9.15. The number of rotatable bonds is 4. The van der Waals surface area contributed by atoms with Gasteiger partial charge in [-0.25, -0.2) is 8.78 Å². The molecule has 2 rings (SSSR count). The topological polar surface area (TPSA) is 32.3 Å². The molecule has 1 aromatic carbocycles. The van der Waals surface area contributed by atoms with Crippen LogP contribution in [0.1, 0.15) is 25.7 Å². The second kappa shape index (κ2) is 6.61. The zero-order chi connectivity index (χ0) is 13.7. The van der Waals surface area contributed by atoms with Gasteiger partial charge in [-0.3, -0.25) is 4.79 Å². The molecule has 5 heteroatoms. The average Bonchev–Trinajstić information content (AvgIpc) is 2.41. The Labute approximate surface area is 111 Å². The summed E-state index contributed by atoms with van der Waals surface area (Å²) in [6.07, 6.45) is 3.93. The number of anilines is 1. The summed E-state index contributed by atoms with van der Waals surface area (Å²) in [5, 5.41) is 2.47.